The molecule has 1 heterocycles. The van der Waals surface area contributed by atoms with Crippen molar-refractivity contribution in [3.63, 3.8) is 0 Å². The van der Waals surface area contributed by atoms with Gasteiger partial charge in [-0.05, 0) is 43.9 Å². The monoisotopic (exact) mass is 724 g/mol. The molecule has 1 aliphatic rings. The van der Waals surface area contributed by atoms with Gasteiger partial charge in [0.1, 0.15) is 0 Å². The fourth-order valence-corrected chi connectivity index (χ4v) is 7.34. The molecule has 0 bridgehead atoms. The van der Waals surface area contributed by atoms with Crippen LogP contribution in [0.15, 0.2) is 24.3 Å². The molecule has 0 radical (unpaired) electrons. The third-order valence-corrected chi connectivity index (χ3v) is 10.6. The molecule has 286 valence electrons. The second-order valence-corrected chi connectivity index (χ2v) is 15.5. The molecular weight excluding hydrogens is 657 g/mol. The van der Waals surface area contributed by atoms with Crippen molar-refractivity contribution in [3.8, 4) is 0 Å². The minimum absolute atomic E-state index is 0.0401. The van der Waals surface area contributed by atoms with Crippen LogP contribution in [0.5, 0.6) is 0 Å². The Kier molecular flexibility index (Phi) is 23.6. The number of likely N-dealkylation sites (N-methyl/N-ethyl adjacent to an activating group) is 1. The van der Waals surface area contributed by atoms with Gasteiger partial charge in [0, 0.05) is 38.8 Å². The third-order valence-electron chi connectivity index (χ3n) is 9.61. The molecule has 11 nitrogen and oxygen atoms in total. The molecule has 1 aromatic rings. The van der Waals surface area contributed by atoms with E-state index in [1.54, 1.807) is 0 Å². The highest BCUT2D eigenvalue weighted by Gasteiger charge is 2.27. The lowest BCUT2D eigenvalue weighted by atomic mass is 9.99. The molecule has 1 fully saturated rings. The second kappa shape index (κ2) is 26.7. The van der Waals surface area contributed by atoms with Gasteiger partial charge in [-0.2, -0.15) is 0 Å². The standard InChI is InChI=1S/C38H66N3O8P/c1-3-48-50(46,47)49-29-19-17-15-13-11-9-7-5-4-6-8-10-12-14-16-18-20-34-21-23-35(24-22-34)30-36-31-40(32-37(42)43)27-25-39(2)26-28-41(36)33-38(44)45/h21-24,36H,1,3-20,25-33H2,2H3,(H2-,42,43,44,45,46,47)/p+1. The minimum Gasteiger partial charge on any atom is -0.480 e. The number of carbonyl (C=O) groups is 2. The normalized spacial score (nSPS) is 17.9. The predicted molar refractivity (Wildman–Crippen MR) is 199 cm³/mol. The highest BCUT2D eigenvalue weighted by Crippen LogP contribution is 2.42. The van der Waals surface area contributed by atoms with Crippen LogP contribution in [0.4, 0.5) is 0 Å². The van der Waals surface area contributed by atoms with Gasteiger partial charge in [-0.1, -0.05) is 114 Å². The molecule has 1 saturated heterocycles. The Hall–Kier alpha value is -1.98. The number of phosphoric ester groups is 1. The maximum absolute atomic E-state index is 11.7. The van der Waals surface area contributed by atoms with Gasteiger partial charge < -0.3 is 20.0 Å². The Morgan fingerprint density at radius 1 is 0.720 bits per heavy atom. The van der Waals surface area contributed by atoms with E-state index in [4.69, 9.17) is 4.52 Å². The molecule has 2 unspecified atom stereocenters. The first-order valence-electron chi connectivity index (χ1n) is 19.2. The van der Waals surface area contributed by atoms with Gasteiger partial charge in [-0.15, -0.1) is 0 Å². The average Bonchev–Trinajstić information content (AvgIpc) is 3.12. The fourth-order valence-electron chi connectivity index (χ4n) is 6.67. The lowest BCUT2D eigenvalue weighted by molar-refractivity contribution is -0.140. The van der Waals surface area contributed by atoms with Gasteiger partial charge in [0.15, 0.2) is 6.61 Å². The molecular formula is C38H67N3O8P+. The van der Waals surface area contributed by atoms with Crippen LogP contribution in [0, 0.1) is 6.92 Å². The molecule has 2 rings (SSSR count). The number of carboxylic acids is 2. The Bertz CT molecular complexity index is 1090. The Labute approximate surface area is 302 Å². The van der Waals surface area contributed by atoms with Crippen molar-refractivity contribution in [2.75, 3.05) is 66.1 Å². The first-order valence-corrected chi connectivity index (χ1v) is 20.6. The van der Waals surface area contributed by atoms with Crippen LogP contribution >= 0.6 is 7.82 Å². The van der Waals surface area contributed by atoms with Crippen LogP contribution in [-0.2, 0) is 36.0 Å². The van der Waals surface area contributed by atoms with Crippen molar-refractivity contribution in [2.45, 2.75) is 122 Å². The molecule has 50 heavy (non-hydrogen) atoms. The van der Waals surface area contributed by atoms with Gasteiger partial charge in [0.05, 0.1) is 26.6 Å². The lowest BCUT2D eigenvalue weighted by Gasteiger charge is -2.33. The molecule has 0 amide bonds. The third kappa shape index (κ3) is 22.1. The highest BCUT2D eigenvalue weighted by molar-refractivity contribution is 7.47. The number of phosphoric acid groups is 1. The van der Waals surface area contributed by atoms with Gasteiger partial charge >= 0.3 is 19.8 Å². The summed E-state index contributed by atoms with van der Waals surface area (Å²) in [5, 5.41) is 19.0. The predicted octanol–water partition coefficient (Wildman–Crippen LogP) is 7.07. The Morgan fingerprint density at radius 3 is 1.72 bits per heavy atom. The highest BCUT2D eigenvalue weighted by atomic mass is 31.2. The van der Waals surface area contributed by atoms with E-state index in [-0.39, 0.29) is 32.3 Å². The van der Waals surface area contributed by atoms with E-state index in [9.17, 15) is 29.3 Å². The van der Waals surface area contributed by atoms with Crippen LogP contribution in [-0.4, -0.2) is 114 Å². The fraction of sp³-hybridized carbons (Fsp3) is 0.763. The molecule has 2 atom stereocenters. The molecule has 0 aromatic heterocycles. The van der Waals surface area contributed by atoms with E-state index < -0.39 is 19.8 Å². The summed E-state index contributed by atoms with van der Waals surface area (Å²) in [5.74, 6) is -1.71. The molecule has 12 heteroatoms. The summed E-state index contributed by atoms with van der Waals surface area (Å²) < 4.78 is 20.9. The summed E-state index contributed by atoms with van der Waals surface area (Å²) in [5.41, 5.74) is 2.49. The van der Waals surface area contributed by atoms with Crippen LogP contribution in [0.3, 0.4) is 0 Å². The van der Waals surface area contributed by atoms with Gasteiger partial charge in [0.2, 0.25) is 0 Å². The zero-order valence-corrected chi connectivity index (χ0v) is 31.8. The van der Waals surface area contributed by atoms with E-state index in [1.165, 1.54) is 89.0 Å². The summed E-state index contributed by atoms with van der Waals surface area (Å²) in [6, 6.07) is 8.66. The van der Waals surface area contributed by atoms with Crippen molar-refractivity contribution in [1.29, 1.82) is 0 Å². The average molecular weight is 725 g/mol. The number of hydrogen-bond acceptors (Lipinski definition) is 8. The zero-order chi connectivity index (χ0) is 36.5. The minimum atomic E-state index is -3.90. The summed E-state index contributed by atoms with van der Waals surface area (Å²) in [4.78, 5) is 38.6. The first-order chi connectivity index (χ1) is 24.1. The van der Waals surface area contributed by atoms with Crippen LogP contribution < -0.4 is 0 Å². The van der Waals surface area contributed by atoms with Crippen molar-refractivity contribution >= 4 is 19.8 Å². The zero-order valence-electron chi connectivity index (χ0n) is 30.9. The molecule has 0 spiro atoms. The van der Waals surface area contributed by atoms with Crippen LogP contribution in [0.25, 0.3) is 0 Å². The first kappa shape index (κ1) is 44.2. The summed E-state index contributed by atoms with van der Waals surface area (Å²) in [7, 11) is -1.90. The van der Waals surface area contributed by atoms with Crippen molar-refractivity contribution in [1.82, 2.24) is 14.7 Å². The lowest BCUT2D eigenvalue weighted by Crippen LogP contribution is -2.48. The number of aryl methyl sites for hydroxylation is 1. The Balaban J connectivity index is 1.52. The van der Waals surface area contributed by atoms with E-state index >= 15 is 0 Å². The Morgan fingerprint density at radius 2 is 1.20 bits per heavy atom. The summed E-state index contributed by atoms with van der Waals surface area (Å²) in [6.07, 6.45) is 21.4. The van der Waals surface area contributed by atoms with E-state index in [0.717, 1.165) is 44.3 Å². The van der Waals surface area contributed by atoms with Crippen molar-refractivity contribution < 1.29 is 38.3 Å². The topological polar surface area (TPSA) is 140 Å². The molecule has 1 aliphatic heterocycles. The SMILES string of the molecule is [CH2+]COP(=O)(O)OCCCCCCCCCCCCCCCCCCc1ccc(CC2CN(CC(=O)O)CCN(C)CCN2CC(=O)O)cc1. The number of hydrogen-bond donors (Lipinski definition) is 3. The van der Waals surface area contributed by atoms with Gasteiger partial charge in [-0.25, -0.2) is 9.09 Å². The van der Waals surface area contributed by atoms with E-state index in [1.807, 2.05) is 16.8 Å². The van der Waals surface area contributed by atoms with E-state index in [0.29, 0.717) is 26.1 Å². The van der Waals surface area contributed by atoms with E-state index in [2.05, 4.69) is 40.6 Å². The maximum Gasteiger partial charge on any atom is 0.475 e. The number of rotatable bonds is 28. The number of nitrogens with zero attached hydrogens (tertiary/aromatic N) is 3. The number of benzene rings is 1. The van der Waals surface area contributed by atoms with Gasteiger partial charge in [0.25, 0.3) is 0 Å². The smallest absolute Gasteiger partial charge is 0.475 e. The molecule has 3 N–H and O–H groups in total. The molecule has 0 aliphatic carbocycles. The second-order valence-electron chi connectivity index (χ2n) is 14.0. The quantitative estimate of drug-likeness (QED) is 0.0465. The number of unbranched alkanes of at least 4 members (excludes halogenated alkanes) is 15. The van der Waals surface area contributed by atoms with Crippen molar-refractivity contribution in [3.05, 3.63) is 42.3 Å². The summed E-state index contributed by atoms with van der Waals surface area (Å²) in [6.45, 7) is 6.81. The van der Waals surface area contributed by atoms with Gasteiger partial charge in [-0.3, -0.25) is 23.9 Å². The largest absolute Gasteiger partial charge is 0.480 e. The summed E-state index contributed by atoms with van der Waals surface area (Å²) >= 11 is 0. The van der Waals surface area contributed by atoms with Crippen LogP contribution in [0.1, 0.15) is 114 Å². The molecule has 0 saturated carbocycles. The molecule has 1 aromatic carbocycles. The van der Waals surface area contributed by atoms with Crippen LogP contribution in [0.2, 0.25) is 0 Å². The number of carboxylic acid groups (broad SMARTS) is 2. The maximum atomic E-state index is 11.7. The van der Waals surface area contributed by atoms with Crippen molar-refractivity contribution in [2.24, 2.45) is 0 Å². The number of aliphatic carboxylic acids is 2.